The van der Waals surface area contributed by atoms with Gasteiger partial charge in [0, 0.05) is 53.4 Å². The van der Waals surface area contributed by atoms with Crippen molar-refractivity contribution < 1.29 is 9.53 Å². The number of fused-ring (bicyclic) bond motifs is 2. The van der Waals surface area contributed by atoms with Crippen LogP contribution in [0.3, 0.4) is 0 Å². The molecular weight excluding hydrogens is 390 g/mol. The first-order valence-corrected chi connectivity index (χ1v) is 9.53. The largest absolute Gasteiger partial charge is 0.487 e. The standard InChI is InChI=1S/C21H16ClN5O2/c22-15-8-14-9-16(29-20(14)17(10-15)13-2-5-23-6-3-13)12-25-21(28)18-11-19-24-4-1-7-27(19)26-18/h1-8,10-11,16H,9,12H2,(H,25,28). The van der Waals surface area contributed by atoms with Crippen LogP contribution in [0.1, 0.15) is 16.1 Å². The molecule has 1 aromatic carbocycles. The van der Waals surface area contributed by atoms with E-state index in [1.54, 1.807) is 41.4 Å². The number of rotatable bonds is 4. The molecule has 5 rings (SSSR count). The molecule has 7 nitrogen and oxygen atoms in total. The number of carbonyl (C=O) groups excluding carboxylic acids is 1. The molecule has 0 bridgehead atoms. The van der Waals surface area contributed by atoms with Crippen molar-refractivity contribution in [2.45, 2.75) is 12.5 Å². The Morgan fingerprint density at radius 3 is 2.93 bits per heavy atom. The van der Waals surface area contributed by atoms with Gasteiger partial charge in [0.2, 0.25) is 0 Å². The van der Waals surface area contributed by atoms with Crippen LogP contribution in [0.25, 0.3) is 16.8 Å². The summed E-state index contributed by atoms with van der Waals surface area (Å²) in [6, 6.07) is 11.1. The van der Waals surface area contributed by atoms with Gasteiger partial charge in [-0.2, -0.15) is 5.10 Å². The number of amides is 1. The van der Waals surface area contributed by atoms with Crippen LogP contribution in [0.2, 0.25) is 5.02 Å². The third-order valence-corrected chi connectivity index (χ3v) is 5.03. The number of aromatic nitrogens is 4. The molecule has 1 atom stereocenters. The first-order chi connectivity index (χ1) is 14.2. The molecule has 3 aromatic heterocycles. The molecule has 4 heterocycles. The molecule has 29 heavy (non-hydrogen) atoms. The van der Waals surface area contributed by atoms with Crippen molar-refractivity contribution in [2.75, 3.05) is 6.54 Å². The fraction of sp³-hybridized carbons (Fsp3) is 0.143. The monoisotopic (exact) mass is 405 g/mol. The van der Waals surface area contributed by atoms with Gasteiger partial charge in [0.05, 0.1) is 6.54 Å². The van der Waals surface area contributed by atoms with Crippen molar-refractivity contribution in [3.05, 3.63) is 77.5 Å². The SMILES string of the molecule is O=C(NCC1Cc2cc(Cl)cc(-c3ccncc3)c2O1)c1cc2ncccn2n1. The van der Waals surface area contributed by atoms with Gasteiger partial charge < -0.3 is 10.1 Å². The Labute approximate surface area is 171 Å². The summed E-state index contributed by atoms with van der Waals surface area (Å²) in [7, 11) is 0. The Bertz CT molecular complexity index is 1180. The second-order valence-electron chi connectivity index (χ2n) is 6.78. The molecule has 144 valence electrons. The van der Waals surface area contributed by atoms with E-state index >= 15 is 0 Å². The maximum atomic E-state index is 12.5. The second-order valence-corrected chi connectivity index (χ2v) is 7.22. The molecule has 4 aromatic rings. The number of nitrogens with one attached hydrogen (secondary N) is 1. The molecule has 0 radical (unpaired) electrons. The summed E-state index contributed by atoms with van der Waals surface area (Å²) >= 11 is 6.31. The van der Waals surface area contributed by atoms with E-state index in [1.807, 2.05) is 24.3 Å². The topological polar surface area (TPSA) is 81.4 Å². The lowest BCUT2D eigenvalue weighted by Crippen LogP contribution is -2.34. The van der Waals surface area contributed by atoms with Crippen LogP contribution < -0.4 is 10.1 Å². The van der Waals surface area contributed by atoms with Crippen molar-refractivity contribution in [3.8, 4) is 16.9 Å². The minimum absolute atomic E-state index is 0.178. The van der Waals surface area contributed by atoms with Crippen molar-refractivity contribution in [1.82, 2.24) is 24.9 Å². The fourth-order valence-electron chi connectivity index (χ4n) is 3.49. The molecule has 0 saturated heterocycles. The molecule has 8 heteroatoms. The number of pyridine rings is 1. The van der Waals surface area contributed by atoms with E-state index in [9.17, 15) is 4.79 Å². The molecule has 1 unspecified atom stereocenters. The van der Waals surface area contributed by atoms with Crippen LogP contribution in [0.5, 0.6) is 5.75 Å². The van der Waals surface area contributed by atoms with Gasteiger partial charge in [-0.15, -0.1) is 0 Å². The average Bonchev–Trinajstić information content (AvgIpc) is 3.36. The number of benzene rings is 1. The Hall–Kier alpha value is -3.45. The van der Waals surface area contributed by atoms with E-state index < -0.39 is 0 Å². The van der Waals surface area contributed by atoms with Gasteiger partial charge >= 0.3 is 0 Å². The van der Waals surface area contributed by atoms with Crippen LogP contribution in [0, 0.1) is 0 Å². The van der Waals surface area contributed by atoms with Crippen molar-refractivity contribution in [3.63, 3.8) is 0 Å². The summed E-state index contributed by atoms with van der Waals surface area (Å²) in [5.74, 6) is 0.541. The number of nitrogens with zero attached hydrogens (tertiary/aromatic N) is 4. The lowest BCUT2D eigenvalue weighted by Gasteiger charge is -2.13. The van der Waals surface area contributed by atoms with E-state index in [1.165, 1.54) is 0 Å². The Morgan fingerprint density at radius 2 is 2.10 bits per heavy atom. The molecule has 0 saturated carbocycles. The van der Waals surface area contributed by atoms with Crippen LogP contribution in [0.4, 0.5) is 0 Å². The van der Waals surface area contributed by atoms with Gasteiger partial charge in [0.15, 0.2) is 11.3 Å². The second kappa shape index (κ2) is 7.18. The van der Waals surface area contributed by atoms with Gasteiger partial charge in [-0.3, -0.25) is 9.78 Å². The molecule has 0 spiro atoms. The fourth-order valence-corrected chi connectivity index (χ4v) is 3.73. The van der Waals surface area contributed by atoms with Crippen molar-refractivity contribution in [1.29, 1.82) is 0 Å². The van der Waals surface area contributed by atoms with Gasteiger partial charge in [-0.1, -0.05) is 11.6 Å². The number of carbonyl (C=O) groups is 1. The third kappa shape index (κ3) is 3.40. The van der Waals surface area contributed by atoms with E-state index in [0.29, 0.717) is 29.3 Å². The molecule has 0 aliphatic carbocycles. The molecule has 1 aliphatic rings. The predicted molar refractivity (Wildman–Crippen MR) is 108 cm³/mol. The highest BCUT2D eigenvalue weighted by atomic mass is 35.5. The van der Waals surface area contributed by atoms with Crippen molar-refractivity contribution >= 4 is 23.2 Å². The number of ether oxygens (including phenoxy) is 1. The lowest BCUT2D eigenvalue weighted by molar-refractivity contribution is 0.0928. The Balaban J connectivity index is 1.31. The van der Waals surface area contributed by atoms with E-state index in [2.05, 4.69) is 20.4 Å². The van der Waals surface area contributed by atoms with Crippen LogP contribution >= 0.6 is 11.6 Å². The zero-order chi connectivity index (χ0) is 19.8. The van der Waals surface area contributed by atoms with Gasteiger partial charge in [-0.25, -0.2) is 9.50 Å². The smallest absolute Gasteiger partial charge is 0.272 e. The normalized spacial score (nSPS) is 15.1. The highest BCUT2D eigenvalue weighted by molar-refractivity contribution is 6.31. The number of hydrogen-bond acceptors (Lipinski definition) is 5. The molecule has 1 aliphatic heterocycles. The van der Waals surface area contributed by atoms with Gasteiger partial charge in [-0.05, 0) is 35.9 Å². The van der Waals surface area contributed by atoms with E-state index in [4.69, 9.17) is 16.3 Å². The summed E-state index contributed by atoms with van der Waals surface area (Å²) in [5, 5.41) is 7.79. The first-order valence-electron chi connectivity index (χ1n) is 9.15. The lowest BCUT2D eigenvalue weighted by atomic mass is 10.0. The first kappa shape index (κ1) is 17.6. The van der Waals surface area contributed by atoms with Crippen LogP contribution in [-0.4, -0.2) is 38.1 Å². The highest BCUT2D eigenvalue weighted by Gasteiger charge is 2.27. The summed E-state index contributed by atoms with van der Waals surface area (Å²) in [6.07, 6.45) is 7.37. The minimum atomic E-state index is -0.262. The summed E-state index contributed by atoms with van der Waals surface area (Å²) in [4.78, 5) is 20.7. The minimum Gasteiger partial charge on any atom is -0.487 e. The molecule has 0 fully saturated rings. The zero-order valence-electron chi connectivity index (χ0n) is 15.2. The Kier molecular flexibility index (Phi) is 4.37. The summed E-state index contributed by atoms with van der Waals surface area (Å²) in [5.41, 5.74) is 3.88. The van der Waals surface area contributed by atoms with Gasteiger partial charge in [0.1, 0.15) is 11.9 Å². The molecule has 1 N–H and O–H groups in total. The predicted octanol–water partition coefficient (Wildman–Crippen LogP) is 3.18. The summed E-state index contributed by atoms with van der Waals surface area (Å²) < 4.78 is 7.73. The zero-order valence-corrected chi connectivity index (χ0v) is 16.0. The summed E-state index contributed by atoms with van der Waals surface area (Å²) in [6.45, 7) is 0.363. The number of halogens is 1. The van der Waals surface area contributed by atoms with Crippen LogP contribution in [0.15, 0.2) is 61.2 Å². The van der Waals surface area contributed by atoms with Crippen molar-refractivity contribution in [2.24, 2.45) is 0 Å². The number of hydrogen-bond donors (Lipinski definition) is 1. The average molecular weight is 406 g/mol. The molecule has 1 amide bonds. The molecular formula is C21H16ClN5O2. The maximum absolute atomic E-state index is 12.5. The third-order valence-electron chi connectivity index (χ3n) is 4.81. The Morgan fingerprint density at radius 1 is 1.24 bits per heavy atom. The van der Waals surface area contributed by atoms with Gasteiger partial charge in [0.25, 0.3) is 5.91 Å². The quantitative estimate of drug-likeness (QED) is 0.564. The van der Waals surface area contributed by atoms with E-state index in [-0.39, 0.29) is 12.0 Å². The highest BCUT2D eigenvalue weighted by Crippen LogP contribution is 2.40. The van der Waals surface area contributed by atoms with Crippen LogP contribution in [-0.2, 0) is 6.42 Å². The van der Waals surface area contributed by atoms with E-state index in [0.717, 1.165) is 22.4 Å². The maximum Gasteiger partial charge on any atom is 0.272 e.